The minimum Gasteiger partial charge on any atom is -0.417 e. The van der Waals surface area contributed by atoms with Crippen LogP contribution in [-0.2, 0) is 12.3 Å². The highest BCUT2D eigenvalue weighted by Gasteiger charge is 2.47. The molecule has 1 atom stereocenters. The van der Waals surface area contributed by atoms with Crippen molar-refractivity contribution >= 4 is 33.8 Å². The summed E-state index contributed by atoms with van der Waals surface area (Å²) in [6, 6.07) is 2.27. The van der Waals surface area contributed by atoms with Crippen LogP contribution in [0.2, 0.25) is 64.5 Å². The van der Waals surface area contributed by atoms with Crippen LogP contribution in [0.25, 0.3) is 0 Å². The van der Waals surface area contributed by atoms with E-state index in [-0.39, 0.29) is 0 Å². The van der Waals surface area contributed by atoms with Gasteiger partial charge in [0.25, 0.3) is 0 Å². The molecule has 20 heavy (non-hydrogen) atoms. The van der Waals surface area contributed by atoms with Crippen LogP contribution in [0.1, 0.15) is 20.3 Å². The van der Waals surface area contributed by atoms with Crippen molar-refractivity contribution in [2.24, 2.45) is 0 Å². The van der Waals surface area contributed by atoms with E-state index in [0.717, 1.165) is 6.04 Å². The molecule has 0 spiro atoms. The van der Waals surface area contributed by atoms with Gasteiger partial charge in [0.05, 0.1) is 0 Å². The third-order valence-corrected chi connectivity index (χ3v) is 17.8. The Morgan fingerprint density at radius 3 is 1.45 bits per heavy atom. The minimum atomic E-state index is -2.53. The number of hydrogen-bond donors (Lipinski definition) is 0. The van der Waals surface area contributed by atoms with Gasteiger partial charge in [-0.05, 0) is 57.9 Å². The third kappa shape index (κ3) is 8.91. The van der Waals surface area contributed by atoms with Crippen LogP contribution in [0.3, 0.4) is 0 Å². The maximum atomic E-state index is 6.58. The molecule has 0 amide bonds. The first-order valence-corrected chi connectivity index (χ1v) is 19.7. The number of rotatable bonds is 9. The van der Waals surface area contributed by atoms with Gasteiger partial charge >= 0.3 is 8.80 Å². The lowest BCUT2D eigenvalue weighted by atomic mass is 10.6. The van der Waals surface area contributed by atoms with Gasteiger partial charge in [0.1, 0.15) is 0 Å². The highest BCUT2D eigenvalue weighted by Crippen LogP contribution is 2.28. The predicted molar refractivity (Wildman–Crippen MR) is 98.8 cm³/mol. The molecule has 0 aliphatic heterocycles. The molecule has 0 fully saturated rings. The largest absolute Gasteiger partial charge is 0.466 e. The van der Waals surface area contributed by atoms with Crippen molar-refractivity contribution in [2.75, 3.05) is 0 Å². The predicted octanol–water partition coefficient (Wildman–Crippen LogP) is 5.28. The molecule has 0 aliphatic rings. The van der Waals surface area contributed by atoms with Crippen molar-refractivity contribution in [3.63, 3.8) is 0 Å². The molecule has 0 heterocycles. The van der Waals surface area contributed by atoms with Crippen molar-refractivity contribution < 1.29 is 12.3 Å². The first-order chi connectivity index (χ1) is 8.74. The van der Waals surface area contributed by atoms with Crippen LogP contribution in [0, 0.1) is 0 Å². The Labute approximate surface area is 131 Å². The lowest BCUT2D eigenvalue weighted by Gasteiger charge is -2.42. The molecule has 0 aromatic rings. The molecule has 0 rings (SSSR count). The molecule has 0 radical (unpaired) electrons. The molecular weight excluding hydrogens is 316 g/mol. The van der Waals surface area contributed by atoms with E-state index in [1.807, 2.05) is 0 Å². The Bertz CT molecular complexity index is 302. The SMILES string of the molecule is CCC[Si](C)(C)O[Si](C)(O[Si](C)(C)C)O[Si](C)(C)CC. The Kier molecular flexibility index (Phi) is 7.62. The van der Waals surface area contributed by atoms with E-state index < -0.39 is 33.8 Å². The van der Waals surface area contributed by atoms with Crippen LogP contribution in [0.15, 0.2) is 0 Å². The van der Waals surface area contributed by atoms with E-state index in [1.165, 1.54) is 12.5 Å². The van der Waals surface area contributed by atoms with E-state index in [0.29, 0.717) is 0 Å². The lowest BCUT2D eigenvalue weighted by molar-refractivity contribution is 0.259. The molecule has 0 aromatic heterocycles. The molecule has 7 heteroatoms. The Morgan fingerprint density at radius 2 is 1.10 bits per heavy atom. The zero-order valence-corrected chi connectivity index (χ0v) is 19.3. The third-order valence-electron chi connectivity index (χ3n) is 3.12. The van der Waals surface area contributed by atoms with Crippen molar-refractivity contribution in [2.45, 2.75) is 84.7 Å². The fraction of sp³-hybridized carbons (Fsp3) is 1.00. The maximum absolute atomic E-state index is 6.58. The summed E-state index contributed by atoms with van der Waals surface area (Å²) < 4.78 is 19.6. The van der Waals surface area contributed by atoms with E-state index in [1.54, 1.807) is 0 Å². The molecule has 0 bridgehead atoms. The molecule has 0 saturated heterocycles. The lowest BCUT2D eigenvalue weighted by Crippen LogP contribution is -2.59. The summed E-state index contributed by atoms with van der Waals surface area (Å²) in [4.78, 5) is 0. The molecular formula is C13H36O3Si4. The van der Waals surface area contributed by atoms with Gasteiger partial charge in [-0.25, -0.2) is 0 Å². The Morgan fingerprint density at radius 1 is 0.650 bits per heavy atom. The normalized spacial score (nSPS) is 17.1. The average molecular weight is 353 g/mol. The molecule has 0 saturated carbocycles. The van der Waals surface area contributed by atoms with E-state index in [9.17, 15) is 0 Å². The quantitative estimate of drug-likeness (QED) is 0.528. The van der Waals surface area contributed by atoms with Gasteiger partial charge in [-0.3, -0.25) is 0 Å². The van der Waals surface area contributed by atoms with Gasteiger partial charge in [0, 0.05) is 6.55 Å². The average Bonchev–Trinajstić information content (AvgIpc) is 2.10. The second kappa shape index (κ2) is 7.34. The van der Waals surface area contributed by atoms with Gasteiger partial charge in [-0.1, -0.05) is 20.3 Å². The second-order valence-electron chi connectivity index (χ2n) is 7.90. The van der Waals surface area contributed by atoms with Crippen LogP contribution >= 0.6 is 0 Å². The van der Waals surface area contributed by atoms with Gasteiger partial charge in [-0.2, -0.15) is 0 Å². The summed E-state index contributed by atoms with van der Waals surface area (Å²) in [5.74, 6) is 0. The van der Waals surface area contributed by atoms with Crippen molar-refractivity contribution in [1.82, 2.24) is 0 Å². The summed E-state index contributed by atoms with van der Waals surface area (Å²) >= 11 is 0. The maximum Gasteiger partial charge on any atom is 0.466 e. The summed E-state index contributed by atoms with van der Waals surface area (Å²) in [5.41, 5.74) is 0. The van der Waals surface area contributed by atoms with Gasteiger partial charge in [-0.15, -0.1) is 0 Å². The van der Waals surface area contributed by atoms with Crippen LogP contribution in [0.4, 0.5) is 0 Å². The highest BCUT2D eigenvalue weighted by molar-refractivity contribution is 6.90. The topological polar surface area (TPSA) is 27.7 Å². The van der Waals surface area contributed by atoms with Gasteiger partial charge < -0.3 is 12.3 Å². The monoisotopic (exact) mass is 352 g/mol. The fourth-order valence-electron chi connectivity index (χ4n) is 2.35. The van der Waals surface area contributed by atoms with Crippen LogP contribution in [0.5, 0.6) is 0 Å². The first-order valence-electron chi connectivity index (χ1n) is 7.85. The smallest absolute Gasteiger partial charge is 0.417 e. The van der Waals surface area contributed by atoms with Crippen LogP contribution < -0.4 is 0 Å². The zero-order chi connectivity index (χ0) is 16.2. The molecule has 0 N–H and O–H groups in total. The Balaban J connectivity index is 5.16. The second-order valence-corrected chi connectivity index (χ2v) is 24.5. The van der Waals surface area contributed by atoms with E-state index >= 15 is 0 Å². The zero-order valence-electron chi connectivity index (χ0n) is 15.3. The summed E-state index contributed by atoms with van der Waals surface area (Å²) in [7, 11) is -7.57. The molecule has 0 aromatic carbocycles. The fourth-order valence-corrected chi connectivity index (χ4v) is 18.6. The minimum absolute atomic E-state index is 1.10. The van der Waals surface area contributed by atoms with Gasteiger partial charge in [0.2, 0.25) is 0 Å². The summed E-state index contributed by atoms with van der Waals surface area (Å²) in [5, 5.41) is 0. The summed E-state index contributed by atoms with van der Waals surface area (Å²) in [6.45, 7) is 22.3. The van der Waals surface area contributed by atoms with Crippen molar-refractivity contribution in [3.05, 3.63) is 0 Å². The van der Waals surface area contributed by atoms with Crippen molar-refractivity contribution in [1.29, 1.82) is 0 Å². The summed E-state index contributed by atoms with van der Waals surface area (Å²) in [6.07, 6.45) is 1.17. The Hall–Kier alpha value is 0.748. The highest BCUT2D eigenvalue weighted by atomic mass is 28.5. The van der Waals surface area contributed by atoms with Crippen molar-refractivity contribution in [3.8, 4) is 0 Å². The number of hydrogen-bond acceptors (Lipinski definition) is 3. The molecule has 1 unspecified atom stereocenters. The molecule has 3 nitrogen and oxygen atoms in total. The van der Waals surface area contributed by atoms with Crippen LogP contribution in [-0.4, -0.2) is 33.8 Å². The first kappa shape index (κ1) is 20.7. The van der Waals surface area contributed by atoms with E-state index in [4.69, 9.17) is 12.3 Å². The van der Waals surface area contributed by atoms with Gasteiger partial charge in [0.15, 0.2) is 25.0 Å². The standard InChI is InChI=1S/C13H36O3Si4/c1-11-13-19(8,9)16-20(10,14-17(3,4)5)15-18(6,7)12-2/h11-13H2,1-10H3. The molecule has 0 aliphatic carbocycles. The van der Waals surface area contributed by atoms with E-state index in [2.05, 4.69) is 66.2 Å². The molecule has 122 valence electrons.